The van der Waals surface area contributed by atoms with Crippen molar-refractivity contribution in [1.82, 2.24) is 5.32 Å². The van der Waals surface area contributed by atoms with Crippen LogP contribution in [-0.2, 0) is 4.74 Å². The SMILES string of the molecule is COCCCNCCOc1cc(Br)ccc1Cl. The Morgan fingerprint density at radius 2 is 2.12 bits per heavy atom. The summed E-state index contributed by atoms with van der Waals surface area (Å²) in [7, 11) is 1.71. The molecule has 96 valence electrons. The second-order valence-corrected chi connectivity index (χ2v) is 4.84. The fourth-order valence-electron chi connectivity index (χ4n) is 1.29. The van der Waals surface area contributed by atoms with Gasteiger partial charge in [0.15, 0.2) is 0 Å². The maximum atomic E-state index is 5.99. The molecule has 0 aliphatic carbocycles. The van der Waals surface area contributed by atoms with Crippen LogP contribution in [0.15, 0.2) is 22.7 Å². The van der Waals surface area contributed by atoms with Crippen LogP contribution in [0.2, 0.25) is 5.02 Å². The number of halogens is 2. The minimum absolute atomic E-state index is 0.600. The van der Waals surface area contributed by atoms with Gasteiger partial charge in [0, 0.05) is 24.7 Å². The van der Waals surface area contributed by atoms with Gasteiger partial charge >= 0.3 is 0 Å². The summed E-state index contributed by atoms with van der Waals surface area (Å²) in [5, 5.41) is 3.90. The van der Waals surface area contributed by atoms with E-state index in [0.29, 0.717) is 17.4 Å². The van der Waals surface area contributed by atoms with Crippen LogP contribution in [0.1, 0.15) is 6.42 Å². The molecule has 17 heavy (non-hydrogen) atoms. The van der Waals surface area contributed by atoms with Gasteiger partial charge in [-0.15, -0.1) is 0 Å². The summed E-state index contributed by atoms with van der Waals surface area (Å²) in [4.78, 5) is 0. The summed E-state index contributed by atoms with van der Waals surface area (Å²) in [5.41, 5.74) is 0. The molecule has 1 rings (SSSR count). The molecular formula is C12H17BrClNO2. The van der Waals surface area contributed by atoms with E-state index in [2.05, 4.69) is 21.2 Å². The van der Waals surface area contributed by atoms with Gasteiger partial charge in [-0.25, -0.2) is 0 Å². The van der Waals surface area contributed by atoms with Gasteiger partial charge in [0.1, 0.15) is 12.4 Å². The summed E-state index contributed by atoms with van der Waals surface area (Å²) in [6.07, 6.45) is 1.01. The Kier molecular flexibility index (Phi) is 7.60. The average molecular weight is 323 g/mol. The average Bonchev–Trinajstić information content (AvgIpc) is 2.32. The molecule has 1 aromatic carbocycles. The molecule has 5 heteroatoms. The van der Waals surface area contributed by atoms with Gasteiger partial charge in [-0.3, -0.25) is 0 Å². The first-order valence-electron chi connectivity index (χ1n) is 5.51. The van der Waals surface area contributed by atoms with Crippen molar-refractivity contribution in [2.24, 2.45) is 0 Å². The second kappa shape index (κ2) is 8.75. The Morgan fingerprint density at radius 1 is 1.29 bits per heavy atom. The second-order valence-electron chi connectivity index (χ2n) is 3.52. The molecule has 0 aliphatic heterocycles. The first-order chi connectivity index (χ1) is 8.24. The molecule has 0 aromatic heterocycles. The van der Waals surface area contributed by atoms with E-state index < -0.39 is 0 Å². The predicted molar refractivity (Wildman–Crippen MR) is 74.0 cm³/mol. The zero-order valence-corrected chi connectivity index (χ0v) is 12.2. The van der Waals surface area contributed by atoms with Crippen LogP contribution in [-0.4, -0.2) is 33.4 Å². The van der Waals surface area contributed by atoms with Crippen molar-refractivity contribution in [2.75, 3.05) is 33.4 Å². The van der Waals surface area contributed by atoms with E-state index in [-0.39, 0.29) is 0 Å². The number of hydrogen-bond donors (Lipinski definition) is 1. The number of nitrogens with one attached hydrogen (secondary N) is 1. The third-order valence-corrected chi connectivity index (χ3v) is 2.94. The van der Waals surface area contributed by atoms with Crippen LogP contribution in [0.4, 0.5) is 0 Å². The predicted octanol–water partition coefficient (Wildman–Crippen LogP) is 3.11. The van der Waals surface area contributed by atoms with E-state index in [4.69, 9.17) is 21.1 Å². The Morgan fingerprint density at radius 3 is 2.88 bits per heavy atom. The van der Waals surface area contributed by atoms with Gasteiger partial charge in [-0.05, 0) is 31.2 Å². The Balaban J connectivity index is 2.15. The number of methoxy groups -OCH3 is 1. The molecule has 0 bridgehead atoms. The van der Waals surface area contributed by atoms with Gasteiger partial charge in [-0.2, -0.15) is 0 Å². The van der Waals surface area contributed by atoms with Crippen LogP contribution >= 0.6 is 27.5 Å². The lowest BCUT2D eigenvalue weighted by atomic mass is 10.3. The van der Waals surface area contributed by atoms with E-state index >= 15 is 0 Å². The summed E-state index contributed by atoms with van der Waals surface area (Å²) >= 11 is 9.37. The van der Waals surface area contributed by atoms with Crippen LogP contribution in [0.3, 0.4) is 0 Å². The van der Waals surface area contributed by atoms with E-state index in [1.165, 1.54) is 0 Å². The molecule has 0 aliphatic rings. The van der Waals surface area contributed by atoms with Crippen molar-refractivity contribution in [1.29, 1.82) is 0 Å². The van der Waals surface area contributed by atoms with Gasteiger partial charge in [0.25, 0.3) is 0 Å². The maximum Gasteiger partial charge on any atom is 0.139 e. The third-order valence-electron chi connectivity index (χ3n) is 2.13. The summed E-state index contributed by atoms with van der Waals surface area (Å²) in [6.45, 7) is 3.12. The van der Waals surface area contributed by atoms with Crippen LogP contribution in [0, 0.1) is 0 Å². The highest BCUT2D eigenvalue weighted by atomic mass is 79.9. The third kappa shape index (κ3) is 6.27. The monoisotopic (exact) mass is 321 g/mol. The largest absolute Gasteiger partial charge is 0.491 e. The Labute approximate surface area is 116 Å². The van der Waals surface area contributed by atoms with Gasteiger partial charge in [0.05, 0.1) is 5.02 Å². The zero-order valence-electron chi connectivity index (χ0n) is 9.84. The van der Waals surface area contributed by atoms with Gasteiger partial charge in [0.2, 0.25) is 0 Å². The zero-order chi connectivity index (χ0) is 12.5. The highest BCUT2D eigenvalue weighted by Crippen LogP contribution is 2.27. The standard InChI is InChI=1S/C12H17BrClNO2/c1-16-7-2-5-15-6-8-17-12-9-10(13)3-4-11(12)14/h3-4,9,15H,2,5-8H2,1H3. The topological polar surface area (TPSA) is 30.5 Å². The molecule has 0 atom stereocenters. The Hall–Kier alpha value is -0.290. The minimum Gasteiger partial charge on any atom is -0.491 e. The molecule has 0 spiro atoms. The van der Waals surface area contributed by atoms with Gasteiger partial charge in [-0.1, -0.05) is 27.5 Å². The summed E-state index contributed by atoms with van der Waals surface area (Å²) < 4.78 is 11.5. The van der Waals surface area contributed by atoms with Crippen molar-refractivity contribution < 1.29 is 9.47 Å². The molecule has 0 saturated carbocycles. The van der Waals surface area contributed by atoms with Crippen molar-refractivity contribution in [3.05, 3.63) is 27.7 Å². The van der Waals surface area contributed by atoms with Crippen molar-refractivity contribution >= 4 is 27.5 Å². The quantitative estimate of drug-likeness (QED) is 0.746. The summed E-state index contributed by atoms with van der Waals surface area (Å²) in [6, 6.07) is 5.57. The van der Waals surface area contributed by atoms with Gasteiger partial charge < -0.3 is 14.8 Å². The minimum atomic E-state index is 0.600. The number of rotatable bonds is 8. The van der Waals surface area contributed by atoms with Crippen LogP contribution in [0.5, 0.6) is 5.75 Å². The Bertz CT molecular complexity index is 336. The van der Waals surface area contributed by atoms with Crippen molar-refractivity contribution in [2.45, 2.75) is 6.42 Å². The molecule has 0 radical (unpaired) electrons. The smallest absolute Gasteiger partial charge is 0.139 e. The van der Waals surface area contributed by atoms with Crippen LogP contribution < -0.4 is 10.1 Å². The lowest BCUT2D eigenvalue weighted by molar-refractivity contribution is 0.193. The van der Waals surface area contributed by atoms with Crippen LogP contribution in [0.25, 0.3) is 0 Å². The number of benzene rings is 1. The first-order valence-corrected chi connectivity index (χ1v) is 6.68. The fraction of sp³-hybridized carbons (Fsp3) is 0.500. The molecule has 0 fully saturated rings. The normalized spacial score (nSPS) is 10.5. The molecule has 3 nitrogen and oxygen atoms in total. The van der Waals surface area contributed by atoms with E-state index in [1.54, 1.807) is 7.11 Å². The summed E-state index contributed by atoms with van der Waals surface area (Å²) in [5.74, 6) is 0.708. The molecule has 0 saturated heterocycles. The molecule has 0 heterocycles. The van der Waals surface area contributed by atoms with E-state index in [0.717, 1.165) is 30.6 Å². The lowest BCUT2D eigenvalue weighted by Crippen LogP contribution is -2.22. The molecule has 1 N–H and O–H groups in total. The highest BCUT2D eigenvalue weighted by Gasteiger charge is 2.01. The number of hydrogen-bond acceptors (Lipinski definition) is 3. The maximum absolute atomic E-state index is 5.99. The molecule has 0 amide bonds. The lowest BCUT2D eigenvalue weighted by Gasteiger charge is -2.09. The fourth-order valence-corrected chi connectivity index (χ4v) is 1.80. The first kappa shape index (κ1) is 14.8. The van der Waals surface area contributed by atoms with Crippen molar-refractivity contribution in [3.8, 4) is 5.75 Å². The number of ether oxygens (including phenoxy) is 2. The van der Waals surface area contributed by atoms with E-state index in [9.17, 15) is 0 Å². The molecular weight excluding hydrogens is 305 g/mol. The molecule has 0 unspecified atom stereocenters. The highest BCUT2D eigenvalue weighted by molar-refractivity contribution is 9.10. The molecule has 1 aromatic rings. The van der Waals surface area contributed by atoms with E-state index in [1.807, 2.05) is 18.2 Å². The van der Waals surface area contributed by atoms with Crippen molar-refractivity contribution in [3.63, 3.8) is 0 Å².